The van der Waals surface area contributed by atoms with Crippen molar-refractivity contribution < 1.29 is 0 Å². The van der Waals surface area contributed by atoms with E-state index in [1.54, 1.807) is 0 Å². The van der Waals surface area contributed by atoms with Crippen molar-refractivity contribution in [3.05, 3.63) is 0 Å². The molecule has 0 aliphatic heterocycles. The first-order valence-electron chi connectivity index (χ1n) is 6.14. The molecule has 0 radical (unpaired) electrons. The molecular weight excluding hydrogens is 196 g/mol. The van der Waals surface area contributed by atoms with Crippen LogP contribution in [0.5, 0.6) is 0 Å². The van der Waals surface area contributed by atoms with E-state index in [4.69, 9.17) is 11.7 Å². The van der Waals surface area contributed by atoms with E-state index in [1.165, 1.54) is 0 Å². The van der Waals surface area contributed by atoms with Gasteiger partial charge in [-0.1, -0.05) is 13.3 Å². The average molecular weight is 220 g/mol. The molecule has 2 heteroatoms. The van der Waals surface area contributed by atoms with Crippen molar-refractivity contribution in [3.63, 3.8) is 0 Å². The zero-order valence-corrected chi connectivity index (χ0v) is 10.8. The van der Waals surface area contributed by atoms with Gasteiger partial charge in [0.05, 0.1) is 11.5 Å². The Morgan fingerprint density at radius 1 is 1.38 bits per heavy atom. The Morgan fingerprint density at radius 3 is 2.56 bits per heavy atom. The summed E-state index contributed by atoms with van der Waals surface area (Å²) in [5.74, 6) is 2.69. The molecule has 0 fully saturated rings. The lowest BCUT2D eigenvalue weighted by Crippen LogP contribution is -2.29. The Labute approximate surface area is 100 Å². The van der Waals surface area contributed by atoms with E-state index in [1.807, 2.05) is 13.8 Å². The Balaban J connectivity index is 3.54. The molecule has 0 aromatic rings. The van der Waals surface area contributed by atoms with E-state index in [-0.39, 0.29) is 5.41 Å². The van der Waals surface area contributed by atoms with Gasteiger partial charge in [0.1, 0.15) is 0 Å². The first-order chi connectivity index (χ1) is 7.55. The predicted molar refractivity (Wildman–Crippen MR) is 68.8 cm³/mol. The first kappa shape index (κ1) is 15.0. The number of nitrogens with zero attached hydrogens (tertiary/aromatic N) is 1. The fourth-order valence-corrected chi connectivity index (χ4v) is 1.56. The highest BCUT2D eigenvalue weighted by molar-refractivity contribution is 4.91. The topological polar surface area (TPSA) is 35.8 Å². The standard InChI is InChI=1S/C14H24N2/c1-5-9-13(6-2)16-11-8-7-10-14(3,4)12-15/h1,13,16H,6-11H2,2-4H3. The van der Waals surface area contributed by atoms with Gasteiger partial charge in [-0.15, -0.1) is 12.3 Å². The minimum Gasteiger partial charge on any atom is -0.313 e. The summed E-state index contributed by atoms with van der Waals surface area (Å²) in [5, 5.41) is 12.3. The molecule has 0 aliphatic carbocycles. The van der Waals surface area contributed by atoms with E-state index < -0.39 is 0 Å². The summed E-state index contributed by atoms with van der Waals surface area (Å²) in [4.78, 5) is 0. The third kappa shape index (κ3) is 7.32. The van der Waals surface area contributed by atoms with Gasteiger partial charge < -0.3 is 5.32 Å². The number of rotatable bonds is 8. The van der Waals surface area contributed by atoms with Crippen molar-refractivity contribution in [2.45, 2.75) is 58.9 Å². The van der Waals surface area contributed by atoms with Gasteiger partial charge in [-0.05, 0) is 39.7 Å². The van der Waals surface area contributed by atoms with Crippen LogP contribution in [0.3, 0.4) is 0 Å². The van der Waals surface area contributed by atoms with E-state index in [9.17, 15) is 0 Å². The van der Waals surface area contributed by atoms with Crippen LogP contribution in [0.4, 0.5) is 0 Å². The van der Waals surface area contributed by atoms with Crippen LogP contribution in [-0.2, 0) is 0 Å². The highest BCUT2D eigenvalue weighted by atomic mass is 14.9. The third-order valence-corrected chi connectivity index (χ3v) is 2.82. The summed E-state index contributed by atoms with van der Waals surface area (Å²) < 4.78 is 0. The minimum absolute atomic E-state index is 0.178. The highest BCUT2D eigenvalue weighted by Crippen LogP contribution is 2.21. The normalized spacial score (nSPS) is 12.8. The van der Waals surface area contributed by atoms with Crippen molar-refractivity contribution in [2.75, 3.05) is 6.54 Å². The third-order valence-electron chi connectivity index (χ3n) is 2.82. The summed E-state index contributed by atoms with van der Waals surface area (Å²) in [6.45, 7) is 7.14. The number of terminal acetylenes is 1. The molecule has 0 aliphatic rings. The maximum atomic E-state index is 8.86. The molecule has 0 aromatic carbocycles. The minimum atomic E-state index is -0.178. The van der Waals surface area contributed by atoms with Gasteiger partial charge >= 0.3 is 0 Å². The second-order valence-corrected chi connectivity index (χ2v) is 4.92. The van der Waals surface area contributed by atoms with Crippen LogP contribution < -0.4 is 5.32 Å². The van der Waals surface area contributed by atoms with Crippen LogP contribution >= 0.6 is 0 Å². The summed E-state index contributed by atoms with van der Waals surface area (Å²) in [7, 11) is 0. The Hall–Kier alpha value is -0.990. The monoisotopic (exact) mass is 220 g/mol. The van der Waals surface area contributed by atoms with E-state index in [2.05, 4.69) is 24.2 Å². The lowest BCUT2D eigenvalue weighted by Gasteiger charge is -2.16. The average Bonchev–Trinajstić information content (AvgIpc) is 2.27. The molecule has 2 nitrogen and oxygen atoms in total. The van der Waals surface area contributed by atoms with Crippen molar-refractivity contribution in [1.29, 1.82) is 5.26 Å². The molecule has 1 atom stereocenters. The van der Waals surface area contributed by atoms with Gasteiger partial charge in [0.15, 0.2) is 0 Å². The number of hydrogen-bond acceptors (Lipinski definition) is 2. The van der Waals surface area contributed by atoms with E-state index in [0.717, 1.165) is 38.6 Å². The molecule has 0 saturated carbocycles. The van der Waals surface area contributed by atoms with E-state index in [0.29, 0.717) is 6.04 Å². The van der Waals surface area contributed by atoms with Crippen molar-refractivity contribution in [2.24, 2.45) is 5.41 Å². The van der Waals surface area contributed by atoms with Crippen LogP contribution in [0.25, 0.3) is 0 Å². The van der Waals surface area contributed by atoms with Gasteiger partial charge in [-0.25, -0.2) is 0 Å². The maximum Gasteiger partial charge on any atom is 0.0683 e. The molecule has 90 valence electrons. The molecule has 0 amide bonds. The largest absolute Gasteiger partial charge is 0.313 e. The number of hydrogen-bond donors (Lipinski definition) is 1. The van der Waals surface area contributed by atoms with Crippen molar-refractivity contribution in [3.8, 4) is 18.4 Å². The van der Waals surface area contributed by atoms with Gasteiger partial charge in [0.2, 0.25) is 0 Å². The van der Waals surface area contributed by atoms with Gasteiger partial charge in [0.25, 0.3) is 0 Å². The fraction of sp³-hybridized carbons (Fsp3) is 0.786. The van der Waals surface area contributed by atoms with Crippen LogP contribution in [0, 0.1) is 29.1 Å². The zero-order valence-electron chi connectivity index (χ0n) is 10.8. The summed E-state index contributed by atoms with van der Waals surface area (Å²) in [5.41, 5.74) is -0.178. The molecule has 0 bridgehead atoms. The summed E-state index contributed by atoms with van der Waals surface area (Å²) in [6, 6.07) is 2.78. The SMILES string of the molecule is C#CCC(CC)NCCCCC(C)(C)C#N. The molecule has 0 rings (SSSR count). The summed E-state index contributed by atoms with van der Waals surface area (Å²) in [6.07, 6.45) is 10.4. The molecule has 0 heterocycles. The van der Waals surface area contributed by atoms with Crippen molar-refractivity contribution in [1.82, 2.24) is 5.32 Å². The number of nitrogens with one attached hydrogen (secondary N) is 1. The fourth-order valence-electron chi connectivity index (χ4n) is 1.56. The molecule has 0 saturated heterocycles. The quantitative estimate of drug-likeness (QED) is 0.504. The van der Waals surface area contributed by atoms with Crippen LogP contribution in [-0.4, -0.2) is 12.6 Å². The molecular formula is C14H24N2. The van der Waals surface area contributed by atoms with Crippen LogP contribution in [0.15, 0.2) is 0 Å². The second-order valence-electron chi connectivity index (χ2n) is 4.92. The lowest BCUT2D eigenvalue weighted by atomic mass is 9.89. The van der Waals surface area contributed by atoms with Gasteiger partial charge in [-0.2, -0.15) is 5.26 Å². The Kier molecular flexibility index (Phi) is 7.69. The number of nitriles is 1. The van der Waals surface area contributed by atoms with Crippen LogP contribution in [0.2, 0.25) is 0 Å². The van der Waals surface area contributed by atoms with Gasteiger partial charge in [0, 0.05) is 12.5 Å². The molecule has 1 N–H and O–H groups in total. The highest BCUT2D eigenvalue weighted by Gasteiger charge is 2.15. The predicted octanol–water partition coefficient (Wildman–Crippen LogP) is 3.10. The smallest absolute Gasteiger partial charge is 0.0683 e. The molecule has 0 aromatic heterocycles. The lowest BCUT2D eigenvalue weighted by molar-refractivity contribution is 0.413. The zero-order chi connectivity index (χ0) is 12.4. The molecule has 16 heavy (non-hydrogen) atoms. The Morgan fingerprint density at radius 2 is 2.06 bits per heavy atom. The molecule has 0 spiro atoms. The second kappa shape index (κ2) is 8.20. The maximum absolute atomic E-state index is 8.86. The van der Waals surface area contributed by atoms with Gasteiger partial charge in [-0.3, -0.25) is 0 Å². The Bertz CT molecular complexity index is 255. The van der Waals surface area contributed by atoms with Crippen LogP contribution in [0.1, 0.15) is 52.9 Å². The first-order valence-corrected chi connectivity index (χ1v) is 6.14. The summed E-state index contributed by atoms with van der Waals surface area (Å²) >= 11 is 0. The van der Waals surface area contributed by atoms with E-state index >= 15 is 0 Å². The number of unbranched alkanes of at least 4 members (excludes halogenated alkanes) is 1. The van der Waals surface area contributed by atoms with Crippen molar-refractivity contribution >= 4 is 0 Å². The molecule has 1 unspecified atom stereocenters.